The van der Waals surface area contributed by atoms with Crippen LogP contribution in [0.5, 0.6) is 11.5 Å². The van der Waals surface area contributed by atoms with E-state index in [-0.39, 0.29) is 38.1 Å². The molecule has 2 aliphatic rings. The van der Waals surface area contributed by atoms with E-state index in [0.717, 1.165) is 73.7 Å². The van der Waals surface area contributed by atoms with E-state index >= 15 is 0 Å². The molecule has 0 bridgehead atoms. The van der Waals surface area contributed by atoms with Crippen LogP contribution in [-0.4, -0.2) is 60.7 Å². The van der Waals surface area contributed by atoms with Gasteiger partial charge in [0.25, 0.3) is 0 Å². The van der Waals surface area contributed by atoms with Crippen molar-refractivity contribution in [1.82, 2.24) is 14.9 Å². The summed E-state index contributed by atoms with van der Waals surface area (Å²) in [6, 6.07) is 17.6. The molecule has 1 aliphatic heterocycles. The molecule has 1 radical (unpaired) electrons. The monoisotopic (exact) mass is 671 g/mol. The number of halogens is 1. The second kappa shape index (κ2) is 13.5. The number of nitrogens with zero attached hydrogens (tertiary/aromatic N) is 3. The van der Waals surface area contributed by atoms with Gasteiger partial charge in [-0.25, -0.2) is 9.78 Å². The van der Waals surface area contributed by atoms with Crippen molar-refractivity contribution in [2.45, 2.75) is 19.3 Å². The number of hydrogen-bond donors (Lipinski definition) is 1. The van der Waals surface area contributed by atoms with E-state index in [1.807, 2.05) is 42.6 Å². The molecule has 0 atom stereocenters. The number of carbonyl (C=O) groups excluding carboxylic acids is 1. The maximum atomic E-state index is 12.5. The van der Waals surface area contributed by atoms with Crippen LogP contribution >= 0.6 is 11.6 Å². The number of H-pyrrole nitrogens is 1. The molecule has 7 nitrogen and oxygen atoms in total. The van der Waals surface area contributed by atoms with Gasteiger partial charge in [-0.2, -0.15) is 0 Å². The summed E-state index contributed by atoms with van der Waals surface area (Å²) >= 11 is 6.17. The molecule has 0 amide bonds. The molecule has 6 rings (SSSR count). The molecule has 0 spiro atoms. The van der Waals surface area contributed by atoms with Gasteiger partial charge in [-0.05, 0) is 54.0 Å². The Bertz CT molecular complexity index is 1620. The maximum Gasteiger partial charge on any atom is 0.341 e. The summed E-state index contributed by atoms with van der Waals surface area (Å²) in [5, 5.41) is 1.68. The predicted molar refractivity (Wildman–Crippen MR) is 168 cm³/mol. The molecule has 2 aromatic heterocycles. The standard InChI is InChI=1S/C34H35ClN4O3.Y/c1-34(2)12-10-25(30(20-34)23-4-6-26(35)7-5-23)22-38-14-16-39(17-15-38)27-8-9-29(33(40)41-3)31(19-27)42-28-18-24-11-13-36-32(24)37-21-28;/h4-9,11,13,18-19,21H,1-2,10,12,14-17,20,22H2,3H3,(H,36,37);/q-2;. The predicted octanol–water partition coefficient (Wildman–Crippen LogP) is 7.21. The molecule has 1 aliphatic carbocycles. The Balaban J connectivity index is 0.00000368. The van der Waals surface area contributed by atoms with Crippen LogP contribution in [-0.2, 0) is 37.4 Å². The van der Waals surface area contributed by atoms with Crippen molar-refractivity contribution in [3.05, 3.63) is 103 Å². The third-order valence-corrected chi connectivity index (χ3v) is 8.51. The Morgan fingerprint density at radius 2 is 1.84 bits per heavy atom. The minimum absolute atomic E-state index is 0. The molecular weight excluding hydrogens is 637 g/mol. The SMILES string of the molecule is [CH2-]C1([CH2-])CCC(CN2CCN(c3ccc(C(=O)OC)c(Oc4cnc5[nH]ccc5c4)c3)CC2)=C(c2ccc(Cl)cc2)C1.[Y]. The topological polar surface area (TPSA) is 70.7 Å². The average Bonchev–Trinajstić information content (AvgIpc) is 3.46. The van der Waals surface area contributed by atoms with Crippen molar-refractivity contribution in [3.63, 3.8) is 0 Å². The van der Waals surface area contributed by atoms with E-state index in [9.17, 15) is 4.79 Å². The fraction of sp³-hybridized carbons (Fsp3) is 0.294. The van der Waals surface area contributed by atoms with Gasteiger partial charge in [0.05, 0.1) is 13.3 Å². The Morgan fingerprint density at radius 1 is 1.07 bits per heavy atom. The molecule has 4 aromatic rings. The van der Waals surface area contributed by atoms with Crippen LogP contribution in [0.3, 0.4) is 0 Å². The summed E-state index contributed by atoms with van der Waals surface area (Å²) in [5.41, 5.74) is 6.01. The number of carbonyl (C=O) groups is 1. The number of benzene rings is 2. The largest absolute Gasteiger partial charge is 0.465 e. The Morgan fingerprint density at radius 3 is 2.58 bits per heavy atom. The molecule has 221 valence electrons. The molecule has 1 saturated heterocycles. The Kier molecular flexibility index (Phi) is 9.97. The number of fused-ring (bicyclic) bond motifs is 1. The van der Waals surface area contributed by atoms with Crippen LogP contribution < -0.4 is 9.64 Å². The quantitative estimate of drug-likeness (QED) is 0.166. The van der Waals surface area contributed by atoms with Crippen molar-refractivity contribution in [2.24, 2.45) is 5.41 Å². The number of nitrogens with one attached hydrogen (secondary N) is 1. The first-order valence-corrected chi connectivity index (χ1v) is 14.6. The van der Waals surface area contributed by atoms with Gasteiger partial charge in [0.15, 0.2) is 0 Å². The third kappa shape index (κ3) is 7.34. The number of aromatic amines is 1. The number of pyridine rings is 1. The van der Waals surface area contributed by atoms with Crippen molar-refractivity contribution in [1.29, 1.82) is 0 Å². The Hall–Kier alpha value is -2.71. The van der Waals surface area contributed by atoms with Crippen LogP contribution in [0.25, 0.3) is 16.6 Å². The zero-order valence-corrected chi connectivity index (χ0v) is 28.0. The zero-order valence-electron chi connectivity index (χ0n) is 24.4. The fourth-order valence-electron chi connectivity index (χ4n) is 5.89. The number of allylic oxidation sites excluding steroid dienone is 1. The number of hydrogen-bond acceptors (Lipinski definition) is 6. The van der Waals surface area contributed by atoms with Gasteiger partial charge < -0.3 is 33.2 Å². The molecule has 3 heterocycles. The van der Waals surface area contributed by atoms with Crippen LogP contribution in [0.2, 0.25) is 5.02 Å². The van der Waals surface area contributed by atoms with Crippen LogP contribution in [0.15, 0.2) is 72.6 Å². The number of esters is 1. The smallest absolute Gasteiger partial charge is 0.341 e. The van der Waals surface area contributed by atoms with Crippen LogP contribution in [0, 0.1) is 19.3 Å². The van der Waals surface area contributed by atoms with Crippen molar-refractivity contribution in [3.8, 4) is 11.5 Å². The first-order chi connectivity index (χ1) is 20.3. The van der Waals surface area contributed by atoms with Crippen molar-refractivity contribution >= 4 is 39.9 Å². The molecule has 43 heavy (non-hydrogen) atoms. The number of aromatic nitrogens is 2. The summed E-state index contributed by atoms with van der Waals surface area (Å²) in [7, 11) is 1.38. The number of piperazine rings is 1. The molecule has 2 aromatic carbocycles. The fourth-order valence-corrected chi connectivity index (χ4v) is 6.02. The molecule has 0 saturated carbocycles. The Labute approximate surface area is 283 Å². The van der Waals surface area contributed by atoms with E-state index in [2.05, 4.69) is 45.7 Å². The minimum Gasteiger partial charge on any atom is -0.465 e. The number of rotatable bonds is 7. The first kappa shape index (κ1) is 31.7. The second-order valence-corrected chi connectivity index (χ2v) is 11.8. The zero-order chi connectivity index (χ0) is 29.3. The number of ether oxygens (including phenoxy) is 2. The van der Waals surface area contributed by atoms with Gasteiger partial charge in [0.2, 0.25) is 0 Å². The minimum atomic E-state index is -0.442. The van der Waals surface area contributed by atoms with E-state index < -0.39 is 5.97 Å². The van der Waals surface area contributed by atoms with Gasteiger partial charge in [-0.15, -0.1) is 0 Å². The van der Waals surface area contributed by atoms with Gasteiger partial charge in [0.1, 0.15) is 22.7 Å². The second-order valence-electron chi connectivity index (χ2n) is 11.4. The summed E-state index contributed by atoms with van der Waals surface area (Å²) < 4.78 is 11.2. The third-order valence-electron chi connectivity index (χ3n) is 8.25. The van der Waals surface area contributed by atoms with E-state index in [0.29, 0.717) is 17.1 Å². The van der Waals surface area contributed by atoms with Crippen molar-refractivity contribution < 1.29 is 47.0 Å². The van der Waals surface area contributed by atoms with Gasteiger partial charge in [-0.1, -0.05) is 42.1 Å². The van der Waals surface area contributed by atoms with E-state index in [1.165, 1.54) is 23.8 Å². The summed E-state index contributed by atoms with van der Waals surface area (Å²) in [6.45, 7) is 13.3. The maximum absolute atomic E-state index is 12.5. The number of anilines is 1. The molecule has 1 fully saturated rings. The van der Waals surface area contributed by atoms with E-state index in [4.69, 9.17) is 21.1 Å². The van der Waals surface area contributed by atoms with Crippen LogP contribution in [0.1, 0.15) is 35.2 Å². The molecule has 9 heteroatoms. The summed E-state index contributed by atoms with van der Waals surface area (Å²) in [4.78, 5) is 24.9. The van der Waals surface area contributed by atoms with E-state index in [1.54, 1.807) is 12.3 Å². The van der Waals surface area contributed by atoms with Gasteiger partial charge in [0, 0.05) is 93.8 Å². The average molecular weight is 672 g/mol. The molecule has 1 N–H and O–H groups in total. The molecule has 0 unspecified atom stereocenters. The molecular formula is C34H35ClN4O3Y-2. The normalized spacial score (nSPS) is 17.1. The summed E-state index contributed by atoms with van der Waals surface area (Å²) in [6.07, 6.45) is 6.34. The number of methoxy groups -OCH3 is 1. The van der Waals surface area contributed by atoms with Gasteiger partial charge >= 0.3 is 5.97 Å². The summed E-state index contributed by atoms with van der Waals surface area (Å²) in [5.74, 6) is 0.561. The van der Waals surface area contributed by atoms with Gasteiger partial charge in [-0.3, -0.25) is 10.3 Å². The van der Waals surface area contributed by atoms with Crippen LogP contribution in [0.4, 0.5) is 5.69 Å². The van der Waals surface area contributed by atoms with Crippen molar-refractivity contribution in [2.75, 3.05) is 44.7 Å². The first-order valence-electron chi connectivity index (χ1n) is 14.3.